The van der Waals surface area contributed by atoms with Gasteiger partial charge in [-0.3, -0.25) is 4.57 Å². The third-order valence-corrected chi connectivity index (χ3v) is 6.05. The molecule has 1 aliphatic rings. The van der Waals surface area contributed by atoms with E-state index in [-0.39, 0.29) is 5.97 Å². The van der Waals surface area contributed by atoms with Crippen molar-refractivity contribution in [2.24, 2.45) is 0 Å². The lowest BCUT2D eigenvalue weighted by atomic mass is 9.94. The number of nitrogens with one attached hydrogen (secondary N) is 1. The SMILES string of the molecule is CCCCCCCOC(=O)C1=C(C)Nc2nc3ccccc3n2[C@@H]1c1ccccc1OCC. The number of fused-ring (bicyclic) bond motifs is 3. The lowest BCUT2D eigenvalue weighted by Gasteiger charge is -2.31. The van der Waals surface area contributed by atoms with Gasteiger partial charge in [0.1, 0.15) is 5.75 Å². The van der Waals surface area contributed by atoms with E-state index in [4.69, 9.17) is 14.5 Å². The molecule has 0 aliphatic carbocycles. The summed E-state index contributed by atoms with van der Waals surface area (Å²) in [4.78, 5) is 18.2. The number of unbranched alkanes of at least 4 members (excludes halogenated alkanes) is 4. The minimum absolute atomic E-state index is 0.296. The van der Waals surface area contributed by atoms with Crippen LogP contribution in [-0.2, 0) is 9.53 Å². The molecule has 4 rings (SSSR count). The third-order valence-electron chi connectivity index (χ3n) is 6.05. The number of benzene rings is 2. The average Bonchev–Trinajstić information content (AvgIpc) is 3.19. The first-order chi connectivity index (χ1) is 16.2. The minimum Gasteiger partial charge on any atom is -0.494 e. The molecule has 1 atom stereocenters. The molecule has 0 saturated carbocycles. The van der Waals surface area contributed by atoms with Crippen LogP contribution in [0.5, 0.6) is 5.75 Å². The normalized spacial score (nSPS) is 15.3. The van der Waals surface area contributed by atoms with Crippen molar-refractivity contribution >= 4 is 23.0 Å². The van der Waals surface area contributed by atoms with Gasteiger partial charge in [-0.05, 0) is 38.5 Å². The summed E-state index contributed by atoms with van der Waals surface area (Å²) in [6, 6.07) is 15.5. The van der Waals surface area contributed by atoms with Gasteiger partial charge in [0.25, 0.3) is 0 Å². The van der Waals surface area contributed by atoms with E-state index in [0.29, 0.717) is 24.7 Å². The number of hydrogen-bond acceptors (Lipinski definition) is 5. The Hall–Kier alpha value is -3.28. The topological polar surface area (TPSA) is 65.4 Å². The van der Waals surface area contributed by atoms with Crippen LogP contribution in [0, 0.1) is 0 Å². The molecule has 0 fully saturated rings. The van der Waals surface area contributed by atoms with Crippen molar-refractivity contribution < 1.29 is 14.3 Å². The van der Waals surface area contributed by atoms with Crippen molar-refractivity contribution in [3.8, 4) is 5.75 Å². The van der Waals surface area contributed by atoms with Crippen molar-refractivity contribution in [1.29, 1.82) is 0 Å². The molecule has 2 heterocycles. The van der Waals surface area contributed by atoms with Crippen LogP contribution in [0.15, 0.2) is 59.8 Å². The minimum atomic E-state index is -0.399. The Labute approximate surface area is 195 Å². The third kappa shape index (κ3) is 4.75. The molecule has 0 spiro atoms. The van der Waals surface area contributed by atoms with Gasteiger partial charge in [0.15, 0.2) is 0 Å². The molecule has 0 amide bonds. The van der Waals surface area contributed by atoms with Gasteiger partial charge < -0.3 is 14.8 Å². The molecule has 0 unspecified atom stereocenters. The number of carbonyl (C=O) groups excluding carboxylic acids is 1. The molecule has 1 aliphatic heterocycles. The molecule has 1 N–H and O–H groups in total. The van der Waals surface area contributed by atoms with Gasteiger partial charge in [0.05, 0.1) is 35.9 Å². The summed E-state index contributed by atoms with van der Waals surface area (Å²) in [5, 5.41) is 3.34. The smallest absolute Gasteiger partial charge is 0.338 e. The number of esters is 1. The lowest BCUT2D eigenvalue weighted by molar-refractivity contribution is -0.139. The van der Waals surface area contributed by atoms with Gasteiger partial charge in [-0.25, -0.2) is 9.78 Å². The fourth-order valence-electron chi connectivity index (χ4n) is 4.46. The first-order valence-corrected chi connectivity index (χ1v) is 12.0. The molecule has 0 saturated heterocycles. The molecule has 2 aromatic carbocycles. The molecular weight excluding hydrogens is 414 g/mol. The van der Waals surface area contributed by atoms with Crippen LogP contribution >= 0.6 is 0 Å². The predicted molar refractivity (Wildman–Crippen MR) is 132 cm³/mol. The summed E-state index contributed by atoms with van der Waals surface area (Å²) in [6.07, 6.45) is 5.54. The summed E-state index contributed by atoms with van der Waals surface area (Å²) in [6.45, 7) is 7.04. The van der Waals surface area contributed by atoms with Gasteiger partial charge in [0, 0.05) is 11.3 Å². The fraction of sp³-hybridized carbons (Fsp3) is 0.407. The van der Waals surface area contributed by atoms with Crippen LogP contribution in [0.1, 0.15) is 64.5 Å². The van der Waals surface area contributed by atoms with Crippen LogP contribution in [0.3, 0.4) is 0 Å². The molecule has 33 heavy (non-hydrogen) atoms. The van der Waals surface area contributed by atoms with E-state index < -0.39 is 6.04 Å². The lowest BCUT2D eigenvalue weighted by Crippen LogP contribution is -2.29. The molecule has 6 heteroatoms. The van der Waals surface area contributed by atoms with E-state index in [1.165, 1.54) is 19.3 Å². The van der Waals surface area contributed by atoms with Crippen LogP contribution in [-0.4, -0.2) is 28.7 Å². The van der Waals surface area contributed by atoms with E-state index in [9.17, 15) is 4.79 Å². The van der Waals surface area contributed by atoms with Crippen molar-refractivity contribution in [3.63, 3.8) is 0 Å². The first-order valence-electron chi connectivity index (χ1n) is 12.0. The Morgan fingerprint density at radius 2 is 1.79 bits per heavy atom. The van der Waals surface area contributed by atoms with Crippen molar-refractivity contribution in [1.82, 2.24) is 9.55 Å². The zero-order chi connectivity index (χ0) is 23.2. The highest BCUT2D eigenvalue weighted by molar-refractivity contribution is 5.94. The zero-order valence-corrected chi connectivity index (χ0v) is 19.8. The van der Waals surface area contributed by atoms with Crippen molar-refractivity contribution in [2.45, 2.75) is 58.9 Å². The second-order valence-corrected chi connectivity index (χ2v) is 8.38. The summed E-state index contributed by atoms with van der Waals surface area (Å²) in [5.41, 5.74) is 4.09. The highest BCUT2D eigenvalue weighted by Gasteiger charge is 2.36. The maximum absolute atomic E-state index is 13.4. The Balaban J connectivity index is 1.73. The maximum Gasteiger partial charge on any atom is 0.338 e. The van der Waals surface area contributed by atoms with E-state index in [2.05, 4.69) is 16.8 Å². The molecule has 6 nitrogen and oxygen atoms in total. The second-order valence-electron chi connectivity index (χ2n) is 8.38. The van der Waals surface area contributed by atoms with Gasteiger partial charge >= 0.3 is 5.97 Å². The Kier molecular flexibility index (Phi) is 7.33. The number of allylic oxidation sites excluding steroid dienone is 1. The maximum atomic E-state index is 13.4. The number of imidazole rings is 1. The number of para-hydroxylation sites is 3. The number of rotatable bonds is 10. The van der Waals surface area contributed by atoms with E-state index >= 15 is 0 Å². The predicted octanol–water partition coefficient (Wildman–Crippen LogP) is 6.24. The highest BCUT2D eigenvalue weighted by atomic mass is 16.5. The molecule has 0 radical (unpaired) electrons. The standard InChI is InChI=1S/C27H33N3O3/c1-4-6-7-8-13-18-33-26(31)24-19(3)28-27-29-21-15-10-11-16-22(21)30(27)25(24)20-14-9-12-17-23(20)32-5-2/h9-12,14-17,25H,4-8,13,18H2,1-3H3,(H,28,29)/t25-/m1/s1. The molecule has 0 bridgehead atoms. The van der Waals surface area contributed by atoms with E-state index in [1.807, 2.05) is 62.4 Å². The van der Waals surface area contributed by atoms with Gasteiger partial charge in [-0.2, -0.15) is 0 Å². The number of ether oxygens (including phenoxy) is 2. The number of hydrogen-bond donors (Lipinski definition) is 1. The van der Waals surface area contributed by atoms with Crippen LogP contribution in [0.2, 0.25) is 0 Å². The van der Waals surface area contributed by atoms with Crippen molar-refractivity contribution in [3.05, 3.63) is 65.4 Å². The highest BCUT2D eigenvalue weighted by Crippen LogP contribution is 2.42. The molecule has 174 valence electrons. The number of carbonyl (C=O) groups is 1. The van der Waals surface area contributed by atoms with Gasteiger partial charge in [-0.1, -0.05) is 62.9 Å². The van der Waals surface area contributed by atoms with Gasteiger partial charge in [-0.15, -0.1) is 0 Å². The Morgan fingerprint density at radius 1 is 1.03 bits per heavy atom. The summed E-state index contributed by atoms with van der Waals surface area (Å²) >= 11 is 0. The Bertz CT molecular complexity index is 1150. The summed E-state index contributed by atoms with van der Waals surface area (Å²) < 4.78 is 13.8. The quantitative estimate of drug-likeness (QED) is 0.294. The summed E-state index contributed by atoms with van der Waals surface area (Å²) in [5.74, 6) is 1.17. The number of nitrogens with zero attached hydrogens (tertiary/aromatic N) is 2. The first kappa shape index (κ1) is 22.9. The van der Waals surface area contributed by atoms with Crippen LogP contribution < -0.4 is 10.1 Å². The zero-order valence-electron chi connectivity index (χ0n) is 19.8. The number of aromatic nitrogens is 2. The van der Waals surface area contributed by atoms with E-state index in [1.54, 1.807) is 0 Å². The van der Waals surface area contributed by atoms with Crippen LogP contribution in [0.25, 0.3) is 11.0 Å². The van der Waals surface area contributed by atoms with Crippen LogP contribution in [0.4, 0.5) is 5.95 Å². The molecular formula is C27H33N3O3. The van der Waals surface area contributed by atoms with Gasteiger partial charge in [0.2, 0.25) is 5.95 Å². The second kappa shape index (κ2) is 10.6. The fourth-order valence-corrected chi connectivity index (χ4v) is 4.46. The molecule has 1 aromatic heterocycles. The monoisotopic (exact) mass is 447 g/mol. The Morgan fingerprint density at radius 3 is 2.61 bits per heavy atom. The van der Waals surface area contributed by atoms with E-state index in [0.717, 1.165) is 40.9 Å². The summed E-state index contributed by atoms with van der Waals surface area (Å²) in [7, 11) is 0. The molecule has 3 aromatic rings. The van der Waals surface area contributed by atoms with Crippen molar-refractivity contribution in [2.75, 3.05) is 18.5 Å². The average molecular weight is 448 g/mol. The number of anilines is 1. The largest absolute Gasteiger partial charge is 0.494 e.